The van der Waals surface area contributed by atoms with Crippen molar-refractivity contribution in [3.63, 3.8) is 0 Å². The van der Waals surface area contributed by atoms with Gasteiger partial charge in [0.2, 0.25) is 5.91 Å². The van der Waals surface area contributed by atoms with Crippen molar-refractivity contribution in [1.82, 2.24) is 10.3 Å². The van der Waals surface area contributed by atoms with Crippen LogP contribution in [0.2, 0.25) is 0 Å². The van der Waals surface area contributed by atoms with Crippen molar-refractivity contribution in [2.75, 3.05) is 5.32 Å². The molecule has 0 aliphatic carbocycles. The molecule has 0 aromatic carbocycles. The predicted molar refractivity (Wildman–Crippen MR) is 55.3 cm³/mol. The number of carboxylic acids is 1. The minimum absolute atomic E-state index is 0.0361. The number of aryl methyl sites for hydroxylation is 1. The standard InChI is InChI=1S/C9H11N3O5/c1-5-4-17-9(10-5)12-8(16)11-6(13)2-3-7(14)15/h4H,2-3H2,1H3,(H,14,15)(H2,10,11,12,13,16). The van der Waals surface area contributed by atoms with Gasteiger partial charge in [-0.25, -0.2) is 4.79 Å². The fourth-order valence-corrected chi connectivity index (χ4v) is 0.949. The second-order valence-corrected chi connectivity index (χ2v) is 3.19. The smallest absolute Gasteiger partial charge is 0.329 e. The molecule has 0 bridgehead atoms. The number of carboxylic acid groups (broad SMARTS) is 1. The third kappa shape index (κ3) is 4.78. The first kappa shape index (κ1) is 12.7. The Labute approximate surface area is 96.0 Å². The molecule has 0 saturated heterocycles. The molecule has 3 amide bonds. The van der Waals surface area contributed by atoms with E-state index < -0.39 is 17.9 Å². The zero-order valence-electron chi connectivity index (χ0n) is 9.02. The molecule has 0 radical (unpaired) electrons. The van der Waals surface area contributed by atoms with E-state index in [0.29, 0.717) is 5.69 Å². The number of aromatic nitrogens is 1. The SMILES string of the molecule is Cc1coc(NC(=O)NC(=O)CCC(=O)O)n1. The van der Waals surface area contributed by atoms with Crippen molar-refractivity contribution in [3.8, 4) is 0 Å². The van der Waals surface area contributed by atoms with Gasteiger partial charge in [-0.3, -0.25) is 20.2 Å². The van der Waals surface area contributed by atoms with Crippen LogP contribution in [0.3, 0.4) is 0 Å². The maximum atomic E-state index is 11.2. The normalized spacial score (nSPS) is 9.71. The van der Waals surface area contributed by atoms with Gasteiger partial charge in [-0.1, -0.05) is 0 Å². The highest BCUT2D eigenvalue weighted by molar-refractivity contribution is 6.00. The number of amides is 3. The van der Waals surface area contributed by atoms with E-state index in [-0.39, 0.29) is 18.9 Å². The lowest BCUT2D eigenvalue weighted by Crippen LogP contribution is -2.34. The number of nitrogens with zero attached hydrogens (tertiary/aromatic N) is 1. The largest absolute Gasteiger partial charge is 0.481 e. The zero-order chi connectivity index (χ0) is 12.8. The summed E-state index contributed by atoms with van der Waals surface area (Å²) in [4.78, 5) is 36.2. The van der Waals surface area contributed by atoms with Crippen molar-refractivity contribution < 1.29 is 23.9 Å². The monoisotopic (exact) mass is 241 g/mol. The summed E-state index contributed by atoms with van der Waals surface area (Å²) in [5.41, 5.74) is 0.581. The molecule has 1 rings (SSSR count). The molecule has 0 fully saturated rings. The summed E-state index contributed by atoms with van der Waals surface area (Å²) in [6.07, 6.45) is 0.729. The van der Waals surface area contributed by atoms with Crippen molar-refractivity contribution in [2.24, 2.45) is 0 Å². The first-order chi connectivity index (χ1) is 7.97. The van der Waals surface area contributed by atoms with Gasteiger partial charge in [0.05, 0.1) is 12.1 Å². The predicted octanol–water partition coefficient (Wildman–Crippen LogP) is 0.496. The number of carbonyl (C=O) groups excluding carboxylic acids is 2. The summed E-state index contributed by atoms with van der Waals surface area (Å²) in [6.45, 7) is 1.67. The second kappa shape index (κ2) is 5.64. The van der Waals surface area contributed by atoms with E-state index >= 15 is 0 Å². The van der Waals surface area contributed by atoms with E-state index in [1.807, 2.05) is 5.32 Å². The maximum absolute atomic E-state index is 11.2. The number of aliphatic carboxylic acids is 1. The van der Waals surface area contributed by atoms with E-state index in [1.165, 1.54) is 6.26 Å². The Morgan fingerprint density at radius 1 is 1.41 bits per heavy atom. The third-order valence-electron chi connectivity index (χ3n) is 1.66. The fraction of sp³-hybridized carbons (Fsp3) is 0.333. The summed E-state index contributed by atoms with van der Waals surface area (Å²) in [5.74, 6) is -1.79. The van der Waals surface area contributed by atoms with E-state index in [1.54, 1.807) is 6.92 Å². The molecule has 1 aromatic heterocycles. The van der Waals surface area contributed by atoms with E-state index in [2.05, 4.69) is 10.3 Å². The Balaban J connectivity index is 2.34. The van der Waals surface area contributed by atoms with Gasteiger partial charge in [-0.2, -0.15) is 4.98 Å². The van der Waals surface area contributed by atoms with Gasteiger partial charge in [-0.05, 0) is 6.92 Å². The molecule has 17 heavy (non-hydrogen) atoms. The van der Waals surface area contributed by atoms with Crippen LogP contribution in [-0.4, -0.2) is 28.0 Å². The molecule has 0 atom stereocenters. The van der Waals surface area contributed by atoms with Crippen LogP contribution in [0.5, 0.6) is 0 Å². The highest BCUT2D eigenvalue weighted by atomic mass is 16.4. The number of imide groups is 1. The Kier molecular flexibility index (Phi) is 4.21. The Morgan fingerprint density at radius 2 is 2.12 bits per heavy atom. The quantitative estimate of drug-likeness (QED) is 0.705. The van der Waals surface area contributed by atoms with Gasteiger partial charge >= 0.3 is 18.0 Å². The molecule has 0 aliphatic heterocycles. The highest BCUT2D eigenvalue weighted by Crippen LogP contribution is 2.05. The minimum atomic E-state index is -1.11. The molecule has 0 aliphatic rings. The third-order valence-corrected chi connectivity index (χ3v) is 1.66. The molecule has 0 saturated carbocycles. The number of oxazole rings is 1. The van der Waals surface area contributed by atoms with Crippen molar-refractivity contribution >= 4 is 23.9 Å². The molecule has 0 unspecified atom stereocenters. The van der Waals surface area contributed by atoms with Crippen molar-refractivity contribution in [2.45, 2.75) is 19.8 Å². The molecule has 8 nitrogen and oxygen atoms in total. The number of nitrogens with one attached hydrogen (secondary N) is 2. The topological polar surface area (TPSA) is 122 Å². The minimum Gasteiger partial charge on any atom is -0.481 e. The summed E-state index contributed by atoms with van der Waals surface area (Å²) >= 11 is 0. The second-order valence-electron chi connectivity index (χ2n) is 3.19. The van der Waals surface area contributed by atoms with Gasteiger partial charge in [0.15, 0.2) is 0 Å². The number of urea groups is 1. The molecule has 1 aromatic rings. The van der Waals surface area contributed by atoms with E-state index in [0.717, 1.165) is 0 Å². The van der Waals surface area contributed by atoms with Crippen LogP contribution >= 0.6 is 0 Å². The Bertz CT molecular complexity index is 440. The summed E-state index contributed by atoms with van der Waals surface area (Å²) < 4.78 is 4.83. The molecule has 1 heterocycles. The Hall–Kier alpha value is -2.38. The number of hydrogen-bond acceptors (Lipinski definition) is 5. The van der Waals surface area contributed by atoms with Crippen LogP contribution in [-0.2, 0) is 9.59 Å². The molecule has 0 spiro atoms. The average molecular weight is 241 g/mol. The summed E-state index contributed by atoms with van der Waals surface area (Å²) in [5, 5.41) is 12.5. The molecule has 8 heteroatoms. The van der Waals surface area contributed by atoms with Crippen LogP contribution in [0, 0.1) is 6.92 Å². The lowest BCUT2D eigenvalue weighted by Gasteiger charge is -2.02. The molecule has 3 N–H and O–H groups in total. The first-order valence-corrected chi connectivity index (χ1v) is 4.72. The number of hydrogen-bond donors (Lipinski definition) is 3. The average Bonchev–Trinajstić information content (AvgIpc) is 2.60. The van der Waals surface area contributed by atoms with E-state index in [9.17, 15) is 14.4 Å². The summed E-state index contributed by atoms with van der Waals surface area (Å²) in [7, 11) is 0. The molecular weight excluding hydrogens is 230 g/mol. The number of carbonyl (C=O) groups is 3. The van der Waals surface area contributed by atoms with Gasteiger partial charge in [0.25, 0.3) is 0 Å². The van der Waals surface area contributed by atoms with Gasteiger partial charge in [-0.15, -0.1) is 0 Å². The lowest BCUT2D eigenvalue weighted by atomic mass is 10.3. The van der Waals surface area contributed by atoms with Gasteiger partial charge < -0.3 is 9.52 Å². The number of anilines is 1. The Morgan fingerprint density at radius 3 is 2.65 bits per heavy atom. The van der Waals surface area contributed by atoms with Gasteiger partial charge in [0.1, 0.15) is 6.26 Å². The van der Waals surface area contributed by atoms with Crippen LogP contribution < -0.4 is 10.6 Å². The fourth-order valence-electron chi connectivity index (χ4n) is 0.949. The van der Waals surface area contributed by atoms with Gasteiger partial charge in [0, 0.05) is 6.42 Å². The molecule has 92 valence electrons. The first-order valence-electron chi connectivity index (χ1n) is 4.72. The lowest BCUT2D eigenvalue weighted by molar-refractivity contribution is -0.138. The summed E-state index contributed by atoms with van der Waals surface area (Å²) in [6, 6.07) is -0.853. The van der Waals surface area contributed by atoms with Crippen molar-refractivity contribution in [1.29, 1.82) is 0 Å². The van der Waals surface area contributed by atoms with Crippen LogP contribution in [0.15, 0.2) is 10.7 Å². The van der Waals surface area contributed by atoms with Crippen molar-refractivity contribution in [3.05, 3.63) is 12.0 Å². The highest BCUT2D eigenvalue weighted by Gasteiger charge is 2.11. The van der Waals surface area contributed by atoms with Crippen LogP contribution in [0.25, 0.3) is 0 Å². The van der Waals surface area contributed by atoms with E-state index in [4.69, 9.17) is 9.52 Å². The van der Waals surface area contributed by atoms with Crippen LogP contribution in [0.1, 0.15) is 18.5 Å². The molecular formula is C9H11N3O5. The maximum Gasteiger partial charge on any atom is 0.329 e. The van der Waals surface area contributed by atoms with Crippen LogP contribution in [0.4, 0.5) is 10.8 Å². The zero-order valence-corrected chi connectivity index (χ0v) is 9.02. The number of rotatable bonds is 4.